The van der Waals surface area contributed by atoms with Crippen LogP contribution in [0.5, 0.6) is 0 Å². The molecule has 5 rings (SSSR count). The molecule has 1 N–H and O–H groups in total. The summed E-state index contributed by atoms with van der Waals surface area (Å²) in [5.74, 6) is -0.663. The predicted molar refractivity (Wildman–Crippen MR) is 130 cm³/mol. The first-order valence-corrected chi connectivity index (χ1v) is 11.9. The van der Waals surface area contributed by atoms with Gasteiger partial charge in [0.2, 0.25) is 5.89 Å². The van der Waals surface area contributed by atoms with Crippen LogP contribution < -0.4 is 5.32 Å². The smallest absolute Gasteiger partial charge is 0.321 e. The van der Waals surface area contributed by atoms with Crippen molar-refractivity contribution in [3.63, 3.8) is 0 Å². The number of amides is 2. The van der Waals surface area contributed by atoms with Gasteiger partial charge in [-0.05, 0) is 36.2 Å². The lowest BCUT2D eigenvalue weighted by molar-refractivity contribution is 0.0564. The first-order chi connectivity index (χ1) is 18.0. The zero-order valence-corrected chi connectivity index (χ0v) is 20.1. The molecular weight excluding hydrogens is 484 g/mol. The first kappa shape index (κ1) is 24.5. The van der Waals surface area contributed by atoms with Crippen LogP contribution in [0.2, 0.25) is 0 Å². The molecule has 2 aromatic heterocycles. The topological polar surface area (TPSA) is 111 Å². The van der Waals surface area contributed by atoms with E-state index in [1.54, 1.807) is 21.7 Å². The second-order valence-corrected chi connectivity index (χ2v) is 8.49. The Balaban J connectivity index is 1.30. The number of alkyl halides is 2. The number of anilines is 1. The molecule has 1 atom stereocenters. The summed E-state index contributed by atoms with van der Waals surface area (Å²) in [5, 5.41) is 18.7. The van der Waals surface area contributed by atoms with Gasteiger partial charge in [0.05, 0.1) is 25.5 Å². The molecule has 4 aromatic rings. The Morgan fingerprint density at radius 3 is 2.54 bits per heavy atom. The Kier molecular flexibility index (Phi) is 7.17. The third kappa shape index (κ3) is 5.48. The number of hydrogen-bond acceptors (Lipinski definition) is 7. The van der Waals surface area contributed by atoms with Gasteiger partial charge in [0, 0.05) is 29.9 Å². The van der Waals surface area contributed by atoms with E-state index in [1.807, 2.05) is 49.5 Å². The molecule has 12 heteroatoms. The van der Waals surface area contributed by atoms with E-state index in [4.69, 9.17) is 9.15 Å². The second kappa shape index (κ2) is 10.8. The largest absolute Gasteiger partial charge is 0.415 e. The van der Waals surface area contributed by atoms with E-state index >= 15 is 0 Å². The van der Waals surface area contributed by atoms with Gasteiger partial charge >= 0.3 is 12.5 Å². The predicted octanol–water partition coefficient (Wildman–Crippen LogP) is 4.80. The summed E-state index contributed by atoms with van der Waals surface area (Å²) in [7, 11) is 0. The van der Waals surface area contributed by atoms with Crippen molar-refractivity contribution in [3.8, 4) is 22.7 Å². The molecule has 37 heavy (non-hydrogen) atoms. The number of carbonyl (C=O) groups excluding carboxylic acids is 1. The van der Waals surface area contributed by atoms with Crippen molar-refractivity contribution in [2.75, 3.05) is 31.6 Å². The number of nitrogens with zero attached hydrogens (tertiary/aromatic N) is 6. The maximum absolute atomic E-state index is 12.7. The molecule has 0 aliphatic carbocycles. The van der Waals surface area contributed by atoms with E-state index < -0.39 is 12.3 Å². The molecule has 10 nitrogen and oxygen atoms in total. The third-order valence-corrected chi connectivity index (χ3v) is 6.09. The highest BCUT2D eigenvalue weighted by molar-refractivity contribution is 5.90. The van der Waals surface area contributed by atoms with Crippen molar-refractivity contribution < 1.29 is 22.7 Å². The number of rotatable bonds is 7. The third-order valence-electron chi connectivity index (χ3n) is 6.09. The van der Waals surface area contributed by atoms with Gasteiger partial charge in [-0.25, -0.2) is 9.48 Å². The van der Waals surface area contributed by atoms with Gasteiger partial charge in [-0.3, -0.25) is 0 Å². The number of halogens is 2. The average molecular weight is 510 g/mol. The molecule has 0 bridgehead atoms. The molecule has 192 valence electrons. The zero-order valence-electron chi connectivity index (χ0n) is 20.1. The summed E-state index contributed by atoms with van der Waals surface area (Å²) in [5.41, 5.74) is 3.67. The number of carbonyl (C=O) groups is 1. The van der Waals surface area contributed by atoms with E-state index in [0.29, 0.717) is 43.2 Å². The molecule has 0 spiro atoms. The van der Waals surface area contributed by atoms with Gasteiger partial charge in [-0.1, -0.05) is 36.4 Å². The molecule has 3 heterocycles. The summed E-state index contributed by atoms with van der Waals surface area (Å²) in [6.45, 7) is 4.23. The van der Waals surface area contributed by atoms with Crippen LogP contribution >= 0.6 is 0 Å². The average Bonchev–Trinajstić information content (AvgIpc) is 3.61. The summed E-state index contributed by atoms with van der Waals surface area (Å²) in [6, 6.07) is 14.4. The lowest BCUT2D eigenvalue weighted by Gasteiger charge is -2.26. The van der Waals surface area contributed by atoms with Crippen molar-refractivity contribution in [1.29, 1.82) is 0 Å². The summed E-state index contributed by atoms with van der Waals surface area (Å²) in [6.07, 6.45) is -0.209. The van der Waals surface area contributed by atoms with Gasteiger partial charge in [-0.2, -0.15) is 8.78 Å². The van der Waals surface area contributed by atoms with Crippen molar-refractivity contribution in [3.05, 3.63) is 66.2 Å². The molecule has 1 fully saturated rings. The molecule has 2 aromatic carbocycles. The highest BCUT2D eigenvalue weighted by Gasteiger charge is 2.20. The van der Waals surface area contributed by atoms with Crippen LogP contribution in [-0.4, -0.2) is 62.4 Å². The molecule has 0 saturated carbocycles. The van der Waals surface area contributed by atoms with Gasteiger partial charge in [0.15, 0.2) is 0 Å². The van der Waals surface area contributed by atoms with E-state index in [2.05, 4.69) is 25.8 Å². The highest BCUT2D eigenvalue weighted by Crippen LogP contribution is 2.28. The lowest BCUT2D eigenvalue weighted by Crippen LogP contribution is -2.43. The highest BCUT2D eigenvalue weighted by atomic mass is 19.3. The van der Waals surface area contributed by atoms with Crippen LogP contribution in [-0.2, 0) is 4.74 Å². The minimum absolute atomic E-state index is 0.0403. The van der Waals surface area contributed by atoms with Gasteiger partial charge < -0.3 is 19.4 Å². The molecule has 1 aliphatic heterocycles. The Labute approximate surface area is 211 Å². The number of ether oxygens (including phenoxy) is 1. The second-order valence-electron chi connectivity index (χ2n) is 8.49. The van der Waals surface area contributed by atoms with Gasteiger partial charge in [0.25, 0.3) is 5.89 Å². The maximum Gasteiger partial charge on any atom is 0.321 e. The van der Waals surface area contributed by atoms with Crippen LogP contribution in [0.4, 0.5) is 19.3 Å². The van der Waals surface area contributed by atoms with E-state index in [-0.39, 0.29) is 18.0 Å². The number of hydrogen-bond donors (Lipinski definition) is 1. The normalized spacial score (nSPS) is 14.6. The molecule has 0 radical (unpaired) electrons. The van der Waals surface area contributed by atoms with E-state index in [9.17, 15) is 13.6 Å². The van der Waals surface area contributed by atoms with Crippen molar-refractivity contribution in [2.24, 2.45) is 0 Å². The number of nitrogens with one attached hydrogen (secondary N) is 1. The fourth-order valence-electron chi connectivity index (χ4n) is 4.15. The summed E-state index contributed by atoms with van der Waals surface area (Å²) < 4.78 is 37.6. The van der Waals surface area contributed by atoms with Crippen molar-refractivity contribution >= 4 is 11.7 Å². The Hall–Kier alpha value is -4.19. The van der Waals surface area contributed by atoms with Crippen LogP contribution in [0.15, 0.2) is 59.1 Å². The minimum atomic E-state index is -2.81. The Morgan fingerprint density at radius 2 is 1.84 bits per heavy atom. The Morgan fingerprint density at radius 1 is 1.05 bits per heavy atom. The SMILES string of the molecule is CCC(c1ccc(-c2nnc(C(F)F)o2)cc1)n1cc(-c2cccc(NC(=O)N3CCOCC3)c2)nn1. The van der Waals surface area contributed by atoms with E-state index in [0.717, 1.165) is 17.5 Å². The summed E-state index contributed by atoms with van der Waals surface area (Å²) in [4.78, 5) is 14.3. The number of aromatic nitrogens is 5. The van der Waals surface area contributed by atoms with Crippen LogP contribution in [0.1, 0.15) is 37.3 Å². The molecule has 1 saturated heterocycles. The van der Waals surface area contributed by atoms with Crippen LogP contribution in [0.3, 0.4) is 0 Å². The van der Waals surface area contributed by atoms with E-state index in [1.165, 1.54) is 0 Å². The number of urea groups is 1. The maximum atomic E-state index is 12.7. The van der Waals surface area contributed by atoms with Crippen molar-refractivity contribution in [2.45, 2.75) is 25.8 Å². The summed E-state index contributed by atoms with van der Waals surface area (Å²) >= 11 is 0. The zero-order chi connectivity index (χ0) is 25.8. The molecule has 2 amide bonds. The monoisotopic (exact) mass is 509 g/mol. The van der Waals surface area contributed by atoms with Gasteiger partial charge in [-0.15, -0.1) is 15.3 Å². The first-order valence-electron chi connectivity index (χ1n) is 11.9. The lowest BCUT2D eigenvalue weighted by atomic mass is 10.0. The molecular formula is C25H25F2N7O3. The number of morpholine rings is 1. The number of benzene rings is 2. The minimum Gasteiger partial charge on any atom is -0.415 e. The fraction of sp³-hybridized carbons (Fsp3) is 0.320. The van der Waals surface area contributed by atoms with Crippen molar-refractivity contribution in [1.82, 2.24) is 30.1 Å². The van der Waals surface area contributed by atoms with Crippen LogP contribution in [0, 0.1) is 0 Å². The standard InChI is InChI=1S/C25H25F2N7O3/c1-2-21(16-6-8-17(9-7-16)23-30-31-24(37-23)22(26)27)34-15-20(29-32-34)18-4-3-5-19(14-18)28-25(35)33-10-12-36-13-11-33/h3-9,14-15,21-22H,2,10-13H2,1H3,(H,28,35). The molecule has 1 unspecified atom stereocenters. The molecule has 1 aliphatic rings. The Bertz CT molecular complexity index is 1350. The fourth-order valence-corrected chi connectivity index (χ4v) is 4.15. The quantitative estimate of drug-likeness (QED) is 0.381. The van der Waals surface area contributed by atoms with Crippen LogP contribution in [0.25, 0.3) is 22.7 Å². The van der Waals surface area contributed by atoms with Gasteiger partial charge in [0.1, 0.15) is 5.69 Å².